The number of nitrogens with zero attached hydrogens (tertiary/aromatic N) is 3. The van der Waals surface area contributed by atoms with Crippen molar-refractivity contribution in [3.63, 3.8) is 0 Å². The van der Waals surface area contributed by atoms with Gasteiger partial charge in [0.05, 0.1) is 0 Å². The third kappa shape index (κ3) is 2.59. The first-order valence-electron chi connectivity index (χ1n) is 5.07. The van der Waals surface area contributed by atoms with E-state index >= 15 is 0 Å². The summed E-state index contributed by atoms with van der Waals surface area (Å²) in [6.07, 6.45) is 4.73. The molecule has 0 radical (unpaired) electrons. The van der Waals surface area contributed by atoms with Crippen LogP contribution in [0.1, 0.15) is 13.3 Å². The number of hydrogen-bond donors (Lipinski definition) is 1. The van der Waals surface area contributed by atoms with Gasteiger partial charge >= 0.3 is 5.69 Å². The average molecular weight is 224 g/mol. The zero-order valence-electron chi connectivity index (χ0n) is 9.73. The second-order valence-electron chi connectivity index (χ2n) is 3.40. The normalized spacial score (nSPS) is 10.9. The number of anilines is 1. The van der Waals surface area contributed by atoms with Crippen molar-refractivity contribution in [3.8, 4) is 0 Å². The monoisotopic (exact) mass is 224 g/mol. The van der Waals surface area contributed by atoms with E-state index in [2.05, 4.69) is 10.4 Å². The summed E-state index contributed by atoms with van der Waals surface area (Å²) in [7, 11) is 2.95. The van der Waals surface area contributed by atoms with Gasteiger partial charge < -0.3 is 5.32 Å². The predicted molar refractivity (Wildman–Crippen MR) is 62.6 cm³/mol. The van der Waals surface area contributed by atoms with E-state index < -0.39 is 11.2 Å². The van der Waals surface area contributed by atoms with Crippen molar-refractivity contribution in [2.24, 2.45) is 14.1 Å². The Morgan fingerprint density at radius 1 is 1.38 bits per heavy atom. The van der Waals surface area contributed by atoms with E-state index in [4.69, 9.17) is 0 Å². The molecule has 0 saturated heterocycles. The SMILES string of the molecule is C/C=C/CCNc1nn(C)c(=O)n(C)c1=O. The highest BCUT2D eigenvalue weighted by molar-refractivity contribution is 5.29. The summed E-state index contributed by atoms with van der Waals surface area (Å²) in [5.41, 5.74) is -0.826. The van der Waals surface area contributed by atoms with Crippen molar-refractivity contribution in [2.45, 2.75) is 13.3 Å². The maximum absolute atomic E-state index is 11.6. The maximum atomic E-state index is 11.6. The Balaban J connectivity index is 2.90. The molecule has 0 bridgehead atoms. The van der Waals surface area contributed by atoms with Crippen LogP contribution >= 0.6 is 0 Å². The lowest BCUT2D eigenvalue weighted by Crippen LogP contribution is -2.40. The van der Waals surface area contributed by atoms with Crippen LogP contribution in [-0.2, 0) is 14.1 Å². The Morgan fingerprint density at radius 3 is 2.69 bits per heavy atom. The van der Waals surface area contributed by atoms with E-state index in [1.165, 1.54) is 14.1 Å². The van der Waals surface area contributed by atoms with Crippen molar-refractivity contribution in [3.05, 3.63) is 33.0 Å². The van der Waals surface area contributed by atoms with Gasteiger partial charge in [-0.2, -0.15) is 0 Å². The zero-order valence-corrected chi connectivity index (χ0v) is 9.73. The molecule has 88 valence electrons. The summed E-state index contributed by atoms with van der Waals surface area (Å²) in [5.74, 6) is 0.203. The number of aromatic nitrogens is 3. The molecular weight excluding hydrogens is 208 g/mol. The van der Waals surface area contributed by atoms with Crippen molar-refractivity contribution < 1.29 is 0 Å². The molecule has 1 aromatic heterocycles. The van der Waals surface area contributed by atoms with E-state index in [-0.39, 0.29) is 5.82 Å². The van der Waals surface area contributed by atoms with Crippen molar-refractivity contribution >= 4 is 5.82 Å². The van der Waals surface area contributed by atoms with Gasteiger partial charge in [0.1, 0.15) is 0 Å². The van der Waals surface area contributed by atoms with E-state index in [1.54, 1.807) is 0 Å². The number of nitrogens with one attached hydrogen (secondary N) is 1. The molecule has 16 heavy (non-hydrogen) atoms. The molecule has 0 fully saturated rings. The van der Waals surface area contributed by atoms with Crippen LogP contribution in [0, 0.1) is 0 Å². The Kier molecular flexibility index (Phi) is 4.04. The summed E-state index contributed by atoms with van der Waals surface area (Å²) >= 11 is 0. The fourth-order valence-electron chi connectivity index (χ4n) is 1.25. The number of rotatable bonds is 4. The largest absolute Gasteiger partial charge is 0.364 e. The third-order valence-electron chi connectivity index (χ3n) is 2.16. The molecule has 0 aliphatic heterocycles. The van der Waals surface area contributed by atoms with E-state index in [1.807, 2.05) is 19.1 Å². The highest BCUT2D eigenvalue weighted by atomic mass is 16.2. The Bertz CT molecular complexity index is 499. The predicted octanol–water partition coefficient (Wildman–Crippen LogP) is -0.143. The highest BCUT2D eigenvalue weighted by Crippen LogP contribution is 1.90. The topological polar surface area (TPSA) is 68.9 Å². The minimum absolute atomic E-state index is 0.203. The lowest BCUT2D eigenvalue weighted by molar-refractivity contribution is 0.604. The van der Waals surface area contributed by atoms with Crippen LogP contribution in [0.2, 0.25) is 0 Å². The Hall–Kier alpha value is -1.85. The molecule has 0 amide bonds. The fourth-order valence-corrected chi connectivity index (χ4v) is 1.25. The second-order valence-corrected chi connectivity index (χ2v) is 3.40. The Labute approximate surface area is 93.2 Å². The Morgan fingerprint density at radius 2 is 2.06 bits per heavy atom. The summed E-state index contributed by atoms with van der Waals surface area (Å²) in [5, 5.41) is 6.77. The first kappa shape index (κ1) is 12.2. The van der Waals surface area contributed by atoms with Crippen LogP contribution < -0.4 is 16.6 Å². The summed E-state index contributed by atoms with van der Waals surface area (Å²) in [6, 6.07) is 0. The van der Waals surface area contributed by atoms with Crippen LogP contribution in [-0.4, -0.2) is 20.9 Å². The van der Waals surface area contributed by atoms with Crippen LogP contribution in [0.3, 0.4) is 0 Å². The first-order valence-corrected chi connectivity index (χ1v) is 5.07. The highest BCUT2D eigenvalue weighted by Gasteiger charge is 2.06. The minimum atomic E-state index is -0.427. The lowest BCUT2D eigenvalue weighted by Gasteiger charge is -2.06. The zero-order chi connectivity index (χ0) is 12.1. The van der Waals surface area contributed by atoms with Gasteiger partial charge in [0.25, 0.3) is 5.56 Å². The van der Waals surface area contributed by atoms with Gasteiger partial charge in [-0.3, -0.25) is 9.36 Å². The van der Waals surface area contributed by atoms with E-state index in [9.17, 15) is 9.59 Å². The standard InChI is InChI=1S/C10H16N4O2/c1-4-5-6-7-11-8-9(15)13(2)10(16)14(3)12-8/h4-5H,6-7H2,1-3H3,(H,11,12)/b5-4+. The van der Waals surface area contributed by atoms with Gasteiger partial charge in [-0.15, -0.1) is 5.10 Å². The van der Waals surface area contributed by atoms with E-state index in [0.29, 0.717) is 6.54 Å². The molecule has 1 aromatic rings. The summed E-state index contributed by atoms with van der Waals surface area (Å²) < 4.78 is 2.17. The molecule has 0 atom stereocenters. The molecule has 0 unspecified atom stereocenters. The minimum Gasteiger partial charge on any atom is -0.364 e. The second kappa shape index (κ2) is 5.29. The van der Waals surface area contributed by atoms with Gasteiger partial charge in [0, 0.05) is 20.6 Å². The molecule has 1 heterocycles. The van der Waals surface area contributed by atoms with Crippen LogP contribution in [0.4, 0.5) is 5.82 Å². The molecule has 1 rings (SSSR count). The first-order chi connectivity index (χ1) is 7.57. The van der Waals surface area contributed by atoms with Crippen molar-refractivity contribution in [2.75, 3.05) is 11.9 Å². The van der Waals surface area contributed by atoms with Gasteiger partial charge in [0.2, 0.25) is 5.82 Å². The van der Waals surface area contributed by atoms with Crippen molar-refractivity contribution in [1.29, 1.82) is 0 Å². The maximum Gasteiger partial charge on any atom is 0.346 e. The molecular formula is C10H16N4O2. The number of allylic oxidation sites excluding steroid dienone is 1. The number of aryl methyl sites for hydroxylation is 1. The molecule has 6 heteroatoms. The molecule has 0 aromatic carbocycles. The number of hydrogen-bond acceptors (Lipinski definition) is 4. The quantitative estimate of drug-likeness (QED) is 0.571. The molecule has 0 spiro atoms. The average Bonchev–Trinajstić information content (AvgIpc) is 2.28. The molecule has 1 N–H and O–H groups in total. The van der Waals surface area contributed by atoms with Crippen LogP contribution in [0.5, 0.6) is 0 Å². The van der Waals surface area contributed by atoms with Gasteiger partial charge in [-0.25, -0.2) is 9.48 Å². The van der Waals surface area contributed by atoms with Gasteiger partial charge in [-0.1, -0.05) is 12.2 Å². The summed E-state index contributed by atoms with van der Waals surface area (Å²) in [4.78, 5) is 23.0. The molecule has 0 aliphatic rings. The van der Waals surface area contributed by atoms with Crippen LogP contribution in [0.15, 0.2) is 21.7 Å². The smallest absolute Gasteiger partial charge is 0.346 e. The molecule has 0 aliphatic carbocycles. The third-order valence-corrected chi connectivity index (χ3v) is 2.16. The van der Waals surface area contributed by atoms with Gasteiger partial charge in [-0.05, 0) is 13.3 Å². The van der Waals surface area contributed by atoms with Gasteiger partial charge in [0.15, 0.2) is 0 Å². The molecule has 0 saturated carbocycles. The van der Waals surface area contributed by atoms with E-state index in [0.717, 1.165) is 15.7 Å². The fraction of sp³-hybridized carbons (Fsp3) is 0.500. The van der Waals surface area contributed by atoms with Crippen LogP contribution in [0.25, 0.3) is 0 Å². The lowest BCUT2D eigenvalue weighted by atomic mass is 10.4. The summed E-state index contributed by atoms with van der Waals surface area (Å²) in [6.45, 7) is 2.55. The van der Waals surface area contributed by atoms with Crippen molar-refractivity contribution in [1.82, 2.24) is 14.3 Å². The molecule has 6 nitrogen and oxygen atoms in total.